The minimum atomic E-state index is -1.06. The Morgan fingerprint density at radius 2 is 1.92 bits per heavy atom. The highest BCUT2D eigenvalue weighted by Crippen LogP contribution is 2.26. The quantitative estimate of drug-likeness (QED) is 0.716. The lowest BCUT2D eigenvalue weighted by Gasteiger charge is -2.23. The predicted molar refractivity (Wildman–Crippen MR) is 98.2 cm³/mol. The maximum Gasteiger partial charge on any atom is 0.331 e. The Labute approximate surface area is 153 Å². The number of likely N-dealkylation sites (N-methyl/N-ethyl adjacent to an activating group) is 1. The van der Waals surface area contributed by atoms with E-state index in [1.54, 1.807) is 22.9 Å². The second-order valence-corrected chi connectivity index (χ2v) is 7.38. The van der Waals surface area contributed by atoms with Gasteiger partial charge in [0.1, 0.15) is 5.69 Å². The number of aliphatic carboxylic acids is 1. The second kappa shape index (κ2) is 7.58. The number of carbonyl (C=O) groups is 2. The fourth-order valence-electron chi connectivity index (χ4n) is 2.48. The Hall–Kier alpha value is -2.51. The van der Waals surface area contributed by atoms with Gasteiger partial charge in [-0.25, -0.2) is 9.78 Å². The molecule has 3 aromatic rings. The normalized spacial score (nSPS) is 11.9. The van der Waals surface area contributed by atoms with Crippen molar-refractivity contribution < 1.29 is 14.7 Å². The number of thiazole rings is 1. The average molecular weight is 372 g/mol. The molecule has 25 heavy (non-hydrogen) atoms. The third-order valence-electron chi connectivity index (χ3n) is 3.72. The summed E-state index contributed by atoms with van der Waals surface area (Å²) in [6.07, 6.45) is 0.649. The highest BCUT2D eigenvalue weighted by molar-refractivity contribution is 7.10. The zero-order valence-corrected chi connectivity index (χ0v) is 15.1. The van der Waals surface area contributed by atoms with Gasteiger partial charge in [-0.15, -0.1) is 22.7 Å². The van der Waals surface area contributed by atoms with Crippen LogP contribution in [0.25, 0.3) is 0 Å². The van der Waals surface area contributed by atoms with Crippen LogP contribution in [-0.2, 0) is 11.2 Å². The fraction of sp³-hybridized carbons (Fsp3) is 0.167. The number of aromatic nitrogens is 1. The lowest BCUT2D eigenvalue weighted by Crippen LogP contribution is -2.35. The zero-order valence-electron chi connectivity index (χ0n) is 13.5. The van der Waals surface area contributed by atoms with E-state index in [9.17, 15) is 14.7 Å². The molecule has 0 bridgehead atoms. The standard InChI is InChI=1S/C18H16N2O3S2/c1-20(16(18(22)23)14-8-5-9-24-14)17(21)13-11-25-15(19-13)10-12-6-3-2-4-7-12/h2-9,11,16H,10H2,1H3,(H,22,23)/t16-/m1/s1. The van der Waals surface area contributed by atoms with Gasteiger partial charge in [0.2, 0.25) is 0 Å². The van der Waals surface area contributed by atoms with Gasteiger partial charge >= 0.3 is 5.97 Å². The van der Waals surface area contributed by atoms with Gasteiger partial charge in [-0.05, 0) is 17.0 Å². The molecule has 0 spiro atoms. The number of hydrogen-bond donors (Lipinski definition) is 1. The van der Waals surface area contributed by atoms with Gasteiger partial charge in [0, 0.05) is 23.7 Å². The molecule has 1 aromatic carbocycles. The molecule has 0 saturated carbocycles. The molecule has 0 saturated heterocycles. The van der Waals surface area contributed by atoms with Crippen LogP contribution in [0.1, 0.15) is 32.0 Å². The van der Waals surface area contributed by atoms with Crippen LogP contribution >= 0.6 is 22.7 Å². The van der Waals surface area contributed by atoms with E-state index in [0.717, 1.165) is 10.6 Å². The number of thiophene rings is 1. The van der Waals surface area contributed by atoms with E-state index in [1.165, 1.54) is 34.6 Å². The molecule has 2 heterocycles. The van der Waals surface area contributed by atoms with Gasteiger partial charge in [-0.1, -0.05) is 36.4 Å². The van der Waals surface area contributed by atoms with Crippen molar-refractivity contribution >= 4 is 34.6 Å². The molecule has 0 aliphatic carbocycles. The number of carboxylic acid groups (broad SMARTS) is 1. The number of nitrogens with zero attached hydrogens (tertiary/aromatic N) is 2. The maximum atomic E-state index is 12.7. The van der Waals surface area contributed by atoms with Crippen LogP contribution in [-0.4, -0.2) is 33.9 Å². The van der Waals surface area contributed by atoms with Crippen molar-refractivity contribution in [3.05, 3.63) is 74.4 Å². The number of benzene rings is 1. The summed E-state index contributed by atoms with van der Waals surface area (Å²) < 4.78 is 0. The Kier molecular flexibility index (Phi) is 5.25. The summed E-state index contributed by atoms with van der Waals surface area (Å²) in [4.78, 5) is 30.5. The molecule has 128 valence electrons. The number of rotatable bonds is 6. The summed E-state index contributed by atoms with van der Waals surface area (Å²) in [5, 5.41) is 13.8. The van der Waals surface area contributed by atoms with Crippen molar-refractivity contribution in [3.8, 4) is 0 Å². The predicted octanol–water partition coefficient (Wildman–Crippen LogP) is 3.69. The lowest BCUT2D eigenvalue weighted by atomic mass is 10.2. The Bertz CT molecular complexity index is 860. The number of amides is 1. The second-order valence-electron chi connectivity index (χ2n) is 5.46. The molecule has 5 nitrogen and oxygen atoms in total. The molecule has 0 unspecified atom stereocenters. The molecule has 7 heteroatoms. The van der Waals surface area contributed by atoms with Crippen molar-refractivity contribution in [1.82, 2.24) is 9.88 Å². The van der Waals surface area contributed by atoms with E-state index in [-0.39, 0.29) is 5.69 Å². The minimum absolute atomic E-state index is 0.279. The van der Waals surface area contributed by atoms with Gasteiger partial charge < -0.3 is 10.0 Å². The third kappa shape index (κ3) is 3.94. The molecule has 2 aromatic heterocycles. The monoisotopic (exact) mass is 372 g/mol. The van der Waals surface area contributed by atoms with E-state index < -0.39 is 17.9 Å². The van der Waals surface area contributed by atoms with Gasteiger partial charge in [0.05, 0.1) is 5.01 Å². The van der Waals surface area contributed by atoms with Gasteiger partial charge in [0.15, 0.2) is 6.04 Å². The van der Waals surface area contributed by atoms with Crippen LogP contribution in [0.5, 0.6) is 0 Å². The van der Waals surface area contributed by atoms with Crippen LogP contribution in [0.2, 0.25) is 0 Å². The molecule has 3 rings (SSSR count). The summed E-state index contributed by atoms with van der Waals surface area (Å²) in [5.74, 6) is -1.45. The summed E-state index contributed by atoms with van der Waals surface area (Å²) in [6, 6.07) is 12.4. The van der Waals surface area contributed by atoms with Crippen LogP contribution in [0.15, 0.2) is 53.2 Å². The summed E-state index contributed by atoms with van der Waals surface area (Å²) in [5.41, 5.74) is 1.40. The van der Waals surface area contributed by atoms with Crippen LogP contribution in [0.3, 0.4) is 0 Å². The summed E-state index contributed by atoms with van der Waals surface area (Å²) in [7, 11) is 1.50. The van der Waals surface area contributed by atoms with Crippen LogP contribution in [0.4, 0.5) is 0 Å². The third-order valence-corrected chi connectivity index (χ3v) is 5.50. The first-order valence-corrected chi connectivity index (χ1v) is 9.34. The summed E-state index contributed by atoms with van der Waals surface area (Å²) in [6.45, 7) is 0. The molecular formula is C18H16N2O3S2. The fourth-order valence-corrected chi connectivity index (χ4v) is 4.15. The average Bonchev–Trinajstić information content (AvgIpc) is 3.27. The Morgan fingerprint density at radius 1 is 1.16 bits per heavy atom. The minimum Gasteiger partial charge on any atom is -0.479 e. The Morgan fingerprint density at radius 3 is 2.56 bits per heavy atom. The highest BCUT2D eigenvalue weighted by atomic mass is 32.1. The van der Waals surface area contributed by atoms with Gasteiger partial charge in [0.25, 0.3) is 5.91 Å². The molecule has 0 radical (unpaired) electrons. The van der Waals surface area contributed by atoms with E-state index >= 15 is 0 Å². The smallest absolute Gasteiger partial charge is 0.331 e. The highest BCUT2D eigenvalue weighted by Gasteiger charge is 2.30. The maximum absolute atomic E-state index is 12.7. The van der Waals surface area contributed by atoms with E-state index in [1.807, 2.05) is 30.3 Å². The first-order valence-electron chi connectivity index (χ1n) is 7.58. The van der Waals surface area contributed by atoms with Gasteiger partial charge in [-0.3, -0.25) is 4.79 Å². The SMILES string of the molecule is CN(C(=O)c1csc(Cc2ccccc2)n1)[C@@H](C(=O)O)c1cccs1. The topological polar surface area (TPSA) is 70.5 Å². The van der Waals surface area contributed by atoms with Crippen LogP contribution < -0.4 is 0 Å². The molecule has 1 atom stereocenters. The molecule has 1 N–H and O–H groups in total. The van der Waals surface area contributed by atoms with Crippen molar-refractivity contribution in [1.29, 1.82) is 0 Å². The number of carboxylic acids is 1. The molecular weight excluding hydrogens is 356 g/mol. The van der Waals surface area contributed by atoms with Crippen molar-refractivity contribution in [3.63, 3.8) is 0 Å². The Balaban J connectivity index is 1.77. The zero-order chi connectivity index (χ0) is 17.8. The van der Waals surface area contributed by atoms with E-state index in [2.05, 4.69) is 4.98 Å². The van der Waals surface area contributed by atoms with Crippen molar-refractivity contribution in [2.75, 3.05) is 7.05 Å². The van der Waals surface area contributed by atoms with Crippen molar-refractivity contribution in [2.24, 2.45) is 0 Å². The molecule has 0 fully saturated rings. The number of hydrogen-bond acceptors (Lipinski definition) is 5. The molecule has 0 aliphatic rings. The first kappa shape index (κ1) is 17.3. The van der Waals surface area contributed by atoms with E-state index in [0.29, 0.717) is 11.3 Å². The van der Waals surface area contributed by atoms with Gasteiger partial charge in [-0.2, -0.15) is 0 Å². The van der Waals surface area contributed by atoms with Crippen LogP contribution in [0, 0.1) is 0 Å². The number of carbonyl (C=O) groups excluding carboxylic acids is 1. The first-order chi connectivity index (χ1) is 12.1. The molecule has 0 aliphatic heterocycles. The lowest BCUT2D eigenvalue weighted by molar-refractivity contribution is -0.142. The summed E-state index contributed by atoms with van der Waals surface area (Å²) >= 11 is 2.72. The van der Waals surface area contributed by atoms with E-state index in [4.69, 9.17) is 0 Å². The largest absolute Gasteiger partial charge is 0.479 e. The molecule has 1 amide bonds. The van der Waals surface area contributed by atoms with Crippen molar-refractivity contribution in [2.45, 2.75) is 12.5 Å².